The number of nitrogens with one attached hydrogen (secondary N) is 2. The number of carbonyl (C=O) groups excluding carboxylic acids is 1. The van der Waals surface area contributed by atoms with E-state index >= 15 is 0 Å². The molecule has 1 aliphatic carbocycles. The Bertz CT molecular complexity index is 747. The van der Waals surface area contributed by atoms with Crippen LogP contribution in [0.25, 0.3) is 0 Å². The standard InChI is InChI=1S/C24H36N4O2/c1-23(2,3)19-8-12-24(30,13-9-19)17-26-22(29)27-20-10-14-28(15-11-20)21-6-4-18(16-25)5-7-21/h4-7,19-20,30H,8-15,17H2,1-3H3,(H2,26,27,29). The Balaban J connectivity index is 1.38. The van der Waals surface area contributed by atoms with Crippen molar-refractivity contribution in [2.24, 2.45) is 11.3 Å². The third-order valence-electron chi connectivity index (χ3n) is 6.91. The molecule has 1 heterocycles. The average molecular weight is 413 g/mol. The molecule has 1 aromatic carbocycles. The maximum atomic E-state index is 12.4. The van der Waals surface area contributed by atoms with Crippen molar-refractivity contribution >= 4 is 11.7 Å². The first-order valence-corrected chi connectivity index (χ1v) is 11.2. The minimum atomic E-state index is -0.780. The van der Waals surface area contributed by atoms with Gasteiger partial charge in [-0.2, -0.15) is 5.26 Å². The minimum Gasteiger partial charge on any atom is -0.388 e. The Morgan fingerprint density at radius 2 is 1.77 bits per heavy atom. The van der Waals surface area contributed by atoms with Gasteiger partial charge in [-0.3, -0.25) is 0 Å². The Hall–Kier alpha value is -2.26. The largest absolute Gasteiger partial charge is 0.388 e. The van der Waals surface area contributed by atoms with Crippen LogP contribution in [0.4, 0.5) is 10.5 Å². The van der Waals surface area contributed by atoms with E-state index in [2.05, 4.69) is 42.4 Å². The molecule has 0 spiro atoms. The lowest BCUT2D eigenvalue weighted by Gasteiger charge is -2.41. The molecule has 6 heteroatoms. The summed E-state index contributed by atoms with van der Waals surface area (Å²) in [5.41, 5.74) is 1.28. The van der Waals surface area contributed by atoms with Gasteiger partial charge in [0, 0.05) is 31.4 Å². The first-order chi connectivity index (χ1) is 14.2. The summed E-state index contributed by atoms with van der Waals surface area (Å²) in [4.78, 5) is 14.6. The van der Waals surface area contributed by atoms with E-state index in [-0.39, 0.29) is 17.5 Å². The number of benzene rings is 1. The number of hydrogen-bond acceptors (Lipinski definition) is 4. The second-order valence-corrected chi connectivity index (χ2v) is 10.1. The summed E-state index contributed by atoms with van der Waals surface area (Å²) < 4.78 is 0. The van der Waals surface area contributed by atoms with Crippen molar-refractivity contribution in [1.82, 2.24) is 10.6 Å². The highest BCUT2D eigenvalue weighted by Crippen LogP contribution is 2.41. The summed E-state index contributed by atoms with van der Waals surface area (Å²) >= 11 is 0. The lowest BCUT2D eigenvalue weighted by atomic mass is 9.68. The minimum absolute atomic E-state index is 0.144. The zero-order valence-electron chi connectivity index (χ0n) is 18.6. The molecule has 0 atom stereocenters. The van der Waals surface area contributed by atoms with Crippen LogP contribution in [0.3, 0.4) is 0 Å². The Morgan fingerprint density at radius 1 is 1.17 bits per heavy atom. The predicted molar refractivity (Wildman–Crippen MR) is 119 cm³/mol. The summed E-state index contributed by atoms with van der Waals surface area (Å²) in [7, 11) is 0. The maximum Gasteiger partial charge on any atom is 0.315 e. The molecule has 1 saturated carbocycles. The lowest BCUT2D eigenvalue weighted by Crippen LogP contribution is -2.52. The van der Waals surface area contributed by atoms with Crippen molar-refractivity contribution in [3.05, 3.63) is 29.8 Å². The van der Waals surface area contributed by atoms with Gasteiger partial charge >= 0.3 is 6.03 Å². The highest BCUT2D eigenvalue weighted by atomic mass is 16.3. The summed E-state index contributed by atoms with van der Waals surface area (Å²) in [6.45, 7) is 8.85. The van der Waals surface area contributed by atoms with E-state index in [0.29, 0.717) is 18.0 Å². The zero-order valence-corrected chi connectivity index (χ0v) is 18.6. The van der Waals surface area contributed by atoms with Gasteiger partial charge in [0.25, 0.3) is 0 Å². The van der Waals surface area contributed by atoms with Crippen LogP contribution in [0.15, 0.2) is 24.3 Å². The third-order valence-corrected chi connectivity index (χ3v) is 6.91. The van der Waals surface area contributed by atoms with E-state index in [0.717, 1.165) is 57.3 Å². The summed E-state index contributed by atoms with van der Waals surface area (Å²) in [5.74, 6) is 0.632. The fraction of sp³-hybridized carbons (Fsp3) is 0.667. The molecule has 164 valence electrons. The van der Waals surface area contributed by atoms with Gasteiger partial charge in [-0.05, 0) is 74.1 Å². The number of nitriles is 1. The fourth-order valence-electron chi connectivity index (χ4n) is 4.71. The Kier molecular flexibility index (Phi) is 6.92. The number of carbonyl (C=O) groups is 1. The molecule has 2 aliphatic rings. The summed E-state index contributed by atoms with van der Waals surface area (Å²) in [5, 5.41) is 25.7. The maximum absolute atomic E-state index is 12.4. The van der Waals surface area contributed by atoms with E-state index in [9.17, 15) is 9.90 Å². The molecule has 2 amide bonds. The average Bonchev–Trinajstić information content (AvgIpc) is 2.73. The second kappa shape index (κ2) is 9.26. The molecule has 0 aromatic heterocycles. The molecule has 3 N–H and O–H groups in total. The Morgan fingerprint density at radius 3 is 2.30 bits per heavy atom. The number of piperidine rings is 1. The van der Waals surface area contributed by atoms with E-state index < -0.39 is 5.60 Å². The van der Waals surface area contributed by atoms with Crippen LogP contribution in [0, 0.1) is 22.7 Å². The van der Waals surface area contributed by atoms with Crippen molar-refractivity contribution in [1.29, 1.82) is 5.26 Å². The van der Waals surface area contributed by atoms with Crippen LogP contribution in [0.1, 0.15) is 64.9 Å². The Labute approximate surface area is 180 Å². The van der Waals surface area contributed by atoms with E-state index in [1.54, 1.807) is 0 Å². The first-order valence-electron chi connectivity index (χ1n) is 11.2. The summed E-state index contributed by atoms with van der Waals surface area (Å²) in [6.07, 6.45) is 5.28. The smallest absolute Gasteiger partial charge is 0.315 e. The monoisotopic (exact) mass is 412 g/mol. The van der Waals surface area contributed by atoms with Crippen molar-refractivity contribution in [2.75, 3.05) is 24.5 Å². The molecule has 30 heavy (non-hydrogen) atoms. The van der Waals surface area contributed by atoms with Crippen molar-refractivity contribution in [3.63, 3.8) is 0 Å². The molecular weight excluding hydrogens is 376 g/mol. The highest BCUT2D eigenvalue weighted by molar-refractivity contribution is 5.74. The van der Waals surface area contributed by atoms with Crippen LogP contribution < -0.4 is 15.5 Å². The van der Waals surface area contributed by atoms with Crippen LogP contribution in [0.2, 0.25) is 0 Å². The van der Waals surface area contributed by atoms with Crippen LogP contribution >= 0.6 is 0 Å². The number of anilines is 1. The van der Waals surface area contributed by atoms with Crippen molar-refractivity contribution in [3.8, 4) is 6.07 Å². The number of hydrogen-bond donors (Lipinski definition) is 3. The SMILES string of the molecule is CC(C)(C)C1CCC(O)(CNC(=O)NC2CCN(c3ccc(C#N)cc3)CC2)CC1. The first kappa shape index (κ1) is 22.4. The van der Waals surface area contributed by atoms with Crippen LogP contribution in [-0.4, -0.2) is 42.4 Å². The van der Waals surface area contributed by atoms with Gasteiger partial charge in [-0.15, -0.1) is 0 Å². The molecule has 1 aliphatic heterocycles. The molecule has 0 unspecified atom stereocenters. The van der Waals surface area contributed by atoms with E-state index in [4.69, 9.17) is 5.26 Å². The van der Waals surface area contributed by atoms with Crippen LogP contribution in [-0.2, 0) is 0 Å². The fourth-order valence-corrected chi connectivity index (χ4v) is 4.71. The second-order valence-electron chi connectivity index (χ2n) is 10.1. The highest BCUT2D eigenvalue weighted by Gasteiger charge is 2.37. The molecule has 6 nitrogen and oxygen atoms in total. The van der Waals surface area contributed by atoms with Crippen molar-refractivity contribution in [2.45, 2.75) is 70.9 Å². The number of aliphatic hydroxyl groups is 1. The third kappa shape index (κ3) is 5.89. The van der Waals surface area contributed by atoms with Gasteiger partial charge in [0.2, 0.25) is 0 Å². The predicted octanol–water partition coefficient (Wildman–Crippen LogP) is 3.79. The van der Waals surface area contributed by atoms with Gasteiger partial charge < -0.3 is 20.6 Å². The quantitative estimate of drug-likeness (QED) is 0.702. The molecule has 3 rings (SSSR count). The molecule has 0 radical (unpaired) electrons. The number of urea groups is 1. The lowest BCUT2D eigenvalue weighted by molar-refractivity contribution is -0.0219. The topological polar surface area (TPSA) is 88.4 Å². The molecule has 2 fully saturated rings. The number of nitrogens with zero attached hydrogens (tertiary/aromatic N) is 2. The van der Waals surface area contributed by atoms with Crippen LogP contribution in [0.5, 0.6) is 0 Å². The number of amides is 2. The molecule has 0 bridgehead atoms. The van der Waals surface area contributed by atoms with Gasteiger partial charge in [0.1, 0.15) is 0 Å². The molecule has 1 aromatic rings. The molecular formula is C24H36N4O2. The van der Waals surface area contributed by atoms with E-state index in [1.165, 1.54) is 0 Å². The van der Waals surface area contributed by atoms with Gasteiger partial charge in [0.15, 0.2) is 0 Å². The zero-order chi connectivity index (χ0) is 21.8. The molecule has 1 saturated heterocycles. The van der Waals surface area contributed by atoms with Gasteiger partial charge in [0.05, 0.1) is 17.2 Å². The van der Waals surface area contributed by atoms with Gasteiger partial charge in [-0.25, -0.2) is 4.79 Å². The number of rotatable bonds is 4. The van der Waals surface area contributed by atoms with E-state index in [1.807, 2.05) is 24.3 Å². The van der Waals surface area contributed by atoms with Crippen molar-refractivity contribution < 1.29 is 9.90 Å². The normalized spacial score (nSPS) is 25.4. The summed E-state index contributed by atoms with van der Waals surface area (Å²) in [6, 6.07) is 9.74. The van der Waals surface area contributed by atoms with Gasteiger partial charge in [-0.1, -0.05) is 20.8 Å².